The van der Waals surface area contributed by atoms with Crippen LogP contribution in [0.15, 0.2) is 54.7 Å². The number of aromatic nitrogens is 2. The molecule has 2 aromatic carbocycles. The monoisotopic (exact) mass is 329 g/mol. The molecule has 1 aromatic heterocycles. The number of para-hydroxylation sites is 1. The molecule has 0 bridgehead atoms. The lowest BCUT2D eigenvalue weighted by Gasteiger charge is -2.05. The average Bonchev–Trinajstić information content (AvgIpc) is 2.91. The summed E-state index contributed by atoms with van der Waals surface area (Å²) in [6.07, 6.45) is 1.79. The van der Waals surface area contributed by atoms with E-state index in [0.29, 0.717) is 10.8 Å². The smallest absolute Gasteiger partial charge is 0.259 e. The van der Waals surface area contributed by atoms with E-state index in [1.807, 2.05) is 37.3 Å². The second-order valence-corrected chi connectivity index (χ2v) is 5.46. The summed E-state index contributed by atoms with van der Waals surface area (Å²) in [6.45, 7) is 1.82. The van der Waals surface area contributed by atoms with Crippen LogP contribution in [0.3, 0.4) is 0 Å². The Kier molecular flexibility index (Phi) is 4.12. The van der Waals surface area contributed by atoms with Gasteiger partial charge in [0.2, 0.25) is 0 Å². The van der Waals surface area contributed by atoms with Gasteiger partial charge in [0, 0.05) is 16.8 Å². The molecule has 0 radical (unpaired) electrons. The van der Waals surface area contributed by atoms with E-state index in [2.05, 4.69) is 10.4 Å². The van der Waals surface area contributed by atoms with Crippen LogP contribution >= 0.6 is 11.6 Å². The average molecular weight is 330 g/mol. The Labute approximate surface area is 137 Å². The van der Waals surface area contributed by atoms with E-state index in [4.69, 9.17) is 11.6 Å². The molecular weight excluding hydrogens is 317 g/mol. The number of hydrogen-bond acceptors (Lipinski definition) is 2. The maximum Gasteiger partial charge on any atom is 0.259 e. The normalized spacial score (nSPS) is 10.6. The summed E-state index contributed by atoms with van der Waals surface area (Å²) in [4.78, 5) is 12.2. The number of nitrogens with one attached hydrogen (secondary N) is 1. The summed E-state index contributed by atoms with van der Waals surface area (Å²) < 4.78 is 15.4. The van der Waals surface area contributed by atoms with Crippen LogP contribution < -0.4 is 5.32 Å². The molecule has 0 fully saturated rings. The summed E-state index contributed by atoms with van der Waals surface area (Å²) in [6, 6.07) is 13.3. The third-order valence-electron chi connectivity index (χ3n) is 3.32. The van der Waals surface area contributed by atoms with Crippen molar-refractivity contribution in [2.75, 3.05) is 5.32 Å². The molecule has 3 rings (SSSR count). The van der Waals surface area contributed by atoms with Crippen LogP contribution in [0, 0.1) is 12.7 Å². The minimum Gasteiger partial charge on any atom is -0.305 e. The maximum atomic E-state index is 13.7. The molecule has 116 valence electrons. The Morgan fingerprint density at radius 3 is 2.70 bits per heavy atom. The first-order chi connectivity index (χ1) is 11.0. The number of benzene rings is 2. The van der Waals surface area contributed by atoms with Gasteiger partial charge in [0.1, 0.15) is 5.82 Å². The molecular formula is C17H13ClFN3O. The van der Waals surface area contributed by atoms with Gasteiger partial charge < -0.3 is 5.32 Å². The standard InChI is InChI=1S/C17H13ClFN3O/c1-11-10-22(13-5-3-2-4-6-13)21-16(11)20-17(23)14-9-12(18)7-8-15(14)19/h2-10H,1H3,(H,20,21,23). The molecule has 0 unspecified atom stereocenters. The second-order valence-electron chi connectivity index (χ2n) is 5.02. The van der Waals surface area contributed by atoms with Crippen molar-refractivity contribution in [1.82, 2.24) is 9.78 Å². The molecule has 0 saturated carbocycles. The molecule has 1 amide bonds. The molecule has 0 saturated heterocycles. The summed E-state index contributed by atoms with van der Waals surface area (Å²) in [7, 11) is 0. The predicted molar refractivity (Wildman–Crippen MR) is 87.7 cm³/mol. The van der Waals surface area contributed by atoms with Gasteiger partial charge in [0.25, 0.3) is 5.91 Å². The Hall–Kier alpha value is -2.66. The number of halogens is 2. The third-order valence-corrected chi connectivity index (χ3v) is 3.56. The second kappa shape index (κ2) is 6.22. The number of aryl methyl sites for hydroxylation is 1. The Balaban J connectivity index is 1.87. The molecule has 1 N–H and O–H groups in total. The zero-order valence-corrected chi connectivity index (χ0v) is 13.0. The highest BCUT2D eigenvalue weighted by Crippen LogP contribution is 2.19. The molecule has 6 heteroatoms. The Morgan fingerprint density at radius 2 is 1.96 bits per heavy atom. The molecule has 23 heavy (non-hydrogen) atoms. The highest BCUT2D eigenvalue weighted by atomic mass is 35.5. The number of hydrogen-bond donors (Lipinski definition) is 1. The van der Waals surface area contributed by atoms with Gasteiger partial charge in [-0.1, -0.05) is 29.8 Å². The molecule has 0 spiro atoms. The van der Waals surface area contributed by atoms with Crippen molar-refractivity contribution in [3.63, 3.8) is 0 Å². The van der Waals surface area contributed by atoms with Crippen molar-refractivity contribution in [1.29, 1.82) is 0 Å². The molecule has 0 aliphatic rings. The molecule has 3 aromatic rings. The number of rotatable bonds is 3. The minimum absolute atomic E-state index is 0.119. The lowest BCUT2D eigenvalue weighted by atomic mass is 10.2. The number of carbonyl (C=O) groups is 1. The largest absolute Gasteiger partial charge is 0.305 e. The summed E-state index contributed by atoms with van der Waals surface area (Å²) >= 11 is 5.81. The van der Waals surface area contributed by atoms with Crippen LogP contribution in [-0.2, 0) is 0 Å². The number of anilines is 1. The van der Waals surface area contributed by atoms with E-state index >= 15 is 0 Å². The molecule has 4 nitrogen and oxygen atoms in total. The molecule has 1 heterocycles. The van der Waals surface area contributed by atoms with Gasteiger partial charge in [-0.15, -0.1) is 5.10 Å². The first-order valence-electron chi connectivity index (χ1n) is 6.92. The fourth-order valence-electron chi connectivity index (χ4n) is 2.14. The van der Waals surface area contributed by atoms with Gasteiger partial charge in [-0.3, -0.25) is 4.79 Å². The lowest BCUT2D eigenvalue weighted by Crippen LogP contribution is -2.15. The summed E-state index contributed by atoms with van der Waals surface area (Å²) in [5.74, 6) is -0.850. The van der Waals surface area contributed by atoms with Gasteiger partial charge in [0.05, 0.1) is 11.3 Å². The van der Waals surface area contributed by atoms with Gasteiger partial charge in [-0.05, 0) is 37.3 Å². The lowest BCUT2D eigenvalue weighted by molar-refractivity contribution is 0.102. The Bertz CT molecular complexity index is 862. The minimum atomic E-state index is -0.632. The molecule has 0 aliphatic heterocycles. The quantitative estimate of drug-likeness (QED) is 0.781. The van der Waals surface area contributed by atoms with Crippen molar-refractivity contribution in [3.05, 3.63) is 76.7 Å². The number of nitrogens with zero attached hydrogens (tertiary/aromatic N) is 2. The van der Waals surface area contributed by atoms with E-state index in [9.17, 15) is 9.18 Å². The zero-order valence-electron chi connectivity index (χ0n) is 12.3. The van der Waals surface area contributed by atoms with Crippen molar-refractivity contribution >= 4 is 23.3 Å². The van der Waals surface area contributed by atoms with E-state index in [1.165, 1.54) is 12.1 Å². The SMILES string of the molecule is Cc1cn(-c2ccccc2)nc1NC(=O)c1cc(Cl)ccc1F. The van der Waals surface area contributed by atoms with Crippen molar-refractivity contribution in [3.8, 4) is 5.69 Å². The number of amides is 1. The van der Waals surface area contributed by atoms with Crippen LogP contribution in [0.1, 0.15) is 15.9 Å². The van der Waals surface area contributed by atoms with E-state index in [0.717, 1.165) is 17.3 Å². The highest BCUT2D eigenvalue weighted by molar-refractivity contribution is 6.31. The van der Waals surface area contributed by atoms with Gasteiger partial charge >= 0.3 is 0 Å². The highest BCUT2D eigenvalue weighted by Gasteiger charge is 2.15. The number of carbonyl (C=O) groups excluding carboxylic acids is 1. The topological polar surface area (TPSA) is 46.9 Å². The molecule has 0 atom stereocenters. The van der Waals surface area contributed by atoms with Gasteiger partial charge in [-0.25, -0.2) is 9.07 Å². The summed E-state index contributed by atoms with van der Waals surface area (Å²) in [5.41, 5.74) is 1.51. The van der Waals surface area contributed by atoms with Crippen molar-refractivity contribution in [2.24, 2.45) is 0 Å². The first kappa shape index (κ1) is 15.2. The van der Waals surface area contributed by atoms with Crippen LogP contribution in [0.5, 0.6) is 0 Å². The Morgan fingerprint density at radius 1 is 1.22 bits per heavy atom. The van der Waals surface area contributed by atoms with Crippen LogP contribution in [0.4, 0.5) is 10.2 Å². The molecule has 0 aliphatic carbocycles. The zero-order chi connectivity index (χ0) is 16.4. The van der Waals surface area contributed by atoms with E-state index in [1.54, 1.807) is 10.9 Å². The maximum absolute atomic E-state index is 13.7. The van der Waals surface area contributed by atoms with Gasteiger partial charge in [0.15, 0.2) is 5.82 Å². The fourth-order valence-corrected chi connectivity index (χ4v) is 2.32. The fraction of sp³-hybridized carbons (Fsp3) is 0.0588. The van der Waals surface area contributed by atoms with Crippen molar-refractivity contribution < 1.29 is 9.18 Å². The van der Waals surface area contributed by atoms with Crippen LogP contribution in [0.25, 0.3) is 5.69 Å². The van der Waals surface area contributed by atoms with Crippen LogP contribution in [-0.4, -0.2) is 15.7 Å². The van der Waals surface area contributed by atoms with E-state index < -0.39 is 11.7 Å². The van der Waals surface area contributed by atoms with Gasteiger partial charge in [-0.2, -0.15) is 0 Å². The predicted octanol–water partition coefficient (Wildman–Crippen LogP) is 4.23. The summed E-state index contributed by atoms with van der Waals surface area (Å²) in [5, 5.41) is 7.24. The van der Waals surface area contributed by atoms with Crippen LogP contribution in [0.2, 0.25) is 5.02 Å². The third kappa shape index (κ3) is 3.24. The first-order valence-corrected chi connectivity index (χ1v) is 7.30. The van der Waals surface area contributed by atoms with Crippen molar-refractivity contribution in [2.45, 2.75) is 6.92 Å². The van der Waals surface area contributed by atoms with E-state index in [-0.39, 0.29) is 5.56 Å².